The van der Waals surface area contributed by atoms with Gasteiger partial charge in [0.2, 0.25) is 17.6 Å². The SMILES string of the molecule is CCOc1ccc(N2CC(c3nc(-c4ccc(F)cc4)no3)CC2=O)cc1. The molecule has 4 rings (SSSR count). The molecule has 0 aliphatic carbocycles. The van der Waals surface area contributed by atoms with Crippen molar-refractivity contribution in [1.29, 1.82) is 0 Å². The third-order valence-corrected chi connectivity index (χ3v) is 4.48. The smallest absolute Gasteiger partial charge is 0.232 e. The highest BCUT2D eigenvalue weighted by molar-refractivity contribution is 5.96. The summed E-state index contributed by atoms with van der Waals surface area (Å²) in [4.78, 5) is 18.6. The van der Waals surface area contributed by atoms with Gasteiger partial charge in [-0.25, -0.2) is 4.39 Å². The molecule has 6 nitrogen and oxygen atoms in total. The van der Waals surface area contributed by atoms with Crippen LogP contribution in [0, 0.1) is 5.82 Å². The second-order valence-electron chi connectivity index (χ2n) is 6.30. The molecule has 27 heavy (non-hydrogen) atoms. The van der Waals surface area contributed by atoms with E-state index >= 15 is 0 Å². The number of rotatable bonds is 5. The number of benzene rings is 2. The van der Waals surface area contributed by atoms with Crippen molar-refractivity contribution < 1.29 is 18.4 Å². The highest BCUT2D eigenvalue weighted by Gasteiger charge is 2.35. The number of carbonyl (C=O) groups excluding carboxylic acids is 1. The molecule has 0 N–H and O–H groups in total. The van der Waals surface area contributed by atoms with E-state index in [1.54, 1.807) is 17.0 Å². The molecule has 0 saturated carbocycles. The molecule has 138 valence electrons. The fourth-order valence-electron chi connectivity index (χ4n) is 3.13. The normalized spacial score (nSPS) is 16.7. The molecule has 1 atom stereocenters. The van der Waals surface area contributed by atoms with E-state index in [1.807, 2.05) is 31.2 Å². The Labute approximate surface area is 155 Å². The van der Waals surface area contributed by atoms with E-state index in [-0.39, 0.29) is 17.6 Å². The third-order valence-electron chi connectivity index (χ3n) is 4.48. The molecular formula is C20H18FN3O3. The van der Waals surface area contributed by atoms with Crippen LogP contribution in [0.4, 0.5) is 10.1 Å². The maximum Gasteiger partial charge on any atom is 0.232 e. The van der Waals surface area contributed by atoms with Crippen LogP contribution < -0.4 is 9.64 Å². The van der Waals surface area contributed by atoms with Crippen molar-refractivity contribution in [3.63, 3.8) is 0 Å². The molecule has 3 aromatic rings. The van der Waals surface area contributed by atoms with Crippen molar-refractivity contribution >= 4 is 11.6 Å². The van der Waals surface area contributed by atoms with Crippen LogP contribution in [0.3, 0.4) is 0 Å². The summed E-state index contributed by atoms with van der Waals surface area (Å²) in [5.41, 5.74) is 1.48. The Morgan fingerprint density at radius 3 is 2.63 bits per heavy atom. The molecule has 1 aliphatic rings. The minimum Gasteiger partial charge on any atom is -0.494 e. The summed E-state index contributed by atoms with van der Waals surface area (Å²) in [5.74, 6) is 1.07. The van der Waals surface area contributed by atoms with E-state index in [9.17, 15) is 9.18 Å². The minimum atomic E-state index is -0.324. The van der Waals surface area contributed by atoms with Gasteiger partial charge in [-0.3, -0.25) is 4.79 Å². The van der Waals surface area contributed by atoms with Crippen LogP contribution in [0.25, 0.3) is 11.4 Å². The van der Waals surface area contributed by atoms with E-state index in [4.69, 9.17) is 9.26 Å². The Bertz CT molecular complexity index is 938. The van der Waals surface area contributed by atoms with Crippen molar-refractivity contribution in [2.45, 2.75) is 19.3 Å². The third kappa shape index (κ3) is 3.53. The average molecular weight is 367 g/mol. The van der Waals surface area contributed by atoms with Crippen molar-refractivity contribution in [3.8, 4) is 17.1 Å². The predicted molar refractivity (Wildman–Crippen MR) is 97.0 cm³/mol. The van der Waals surface area contributed by atoms with E-state index in [0.29, 0.717) is 36.9 Å². The Morgan fingerprint density at radius 1 is 1.19 bits per heavy atom. The van der Waals surface area contributed by atoms with Gasteiger partial charge in [-0.1, -0.05) is 5.16 Å². The molecule has 2 aromatic carbocycles. The van der Waals surface area contributed by atoms with Gasteiger partial charge in [-0.15, -0.1) is 0 Å². The lowest BCUT2D eigenvalue weighted by Gasteiger charge is -2.16. The molecule has 0 bridgehead atoms. The van der Waals surface area contributed by atoms with Crippen LogP contribution >= 0.6 is 0 Å². The summed E-state index contributed by atoms with van der Waals surface area (Å²) in [5, 5.41) is 3.96. The zero-order valence-corrected chi connectivity index (χ0v) is 14.8. The fraction of sp³-hybridized carbons (Fsp3) is 0.250. The largest absolute Gasteiger partial charge is 0.494 e. The maximum atomic E-state index is 13.1. The summed E-state index contributed by atoms with van der Waals surface area (Å²) < 4.78 is 23.8. The first-order valence-corrected chi connectivity index (χ1v) is 8.77. The monoisotopic (exact) mass is 367 g/mol. The zero-order valence-electron chi connectivity index (χ0n) is 14.8. The quantitative estimate of drug-likeness (QED) is 0.686. The molecule has 1 aromatic heterocycles. The summed E-state index contributed by atoms with van der Waals surface area (Å²) >= 11 is 0. The first-order valence-electron chi connectivity index (χ1n) is 8.77. The van der Waals surface area contributed by atoms with Crippen LogP contribution in [-0.4, -0.2) is 29.2 Å². The van der Waals surface area contributed by atoms with Crippen molar-refractivity contribution in [1.82, 2.24) is 10.1 Å². The molecular weight excluding hydrogens is 349 g/mol. The number of nitrogens with zero attached hydrogens (tertiary/aromatic N) is 3. The number of anilines is 1. The number of carbonyl (C=O) groups is 1. The first kappa shape index (κ1) is 17.2. The van der Waals surface area contributed by atoms with Gasteiger partial charge in [0.1, 0.15) is 11.6 Å². The minimum absolute atomic E-state index is 0.00527. The van der Waals surface area contributed by atoms with Gasteiger partial charge < -0.3 is 14.2 Å². The number of hydrogen-bond acceptors (Lipinski definition) is 5. The molecule has 1 saturated heterocycles. The van der Waals surface area contributed by atoms with Crippen LogP contribution in [-0.2, 0) is 4.79 Å². The molecule has 1 amide bonds. The second kappa shape index (κ2) is 7.19. The van der Waals surface area contributed by atoms with Crippen molar-refractivity contribution in [2.24, 2.45) is 0 Å². The van der Waals surface area contributed by atoms with E-state index < -0.39 is 0 Å². The second-order valence-corrected chi connectivity index (χ2v) is 6.30. The fourth-order valence-corrected chi connectivity index (χ4v) is 3.13. The topological polar surface area (TPSA) is 68.5 Å². The highest BCUT2D eigenvalue weighted by Crippen LogP contribution is 2.32. The lowest BCUT2D eigenvalue weighted by Crippen LogP contribution is -2.24. The molecule has 0 spiro atoms. The summed E-state index contributed by atoms with van der Waals surface area (Å²) in [6.07, 6.45) is 0.304. The van der Waals surface area contributed by atoms with Crippen molar-refractivity contribution in [3.05, 3.63) is 60.2 Å². The summed E-state index contributed by atoms with van der Waals surface area (Å²) in [6, 6.07) is 13.3. The average Bonchev–Trinajstić information content (AvgIpc) is 3.30. The number of halogens is 1. The molecule has 1 unspecified atom stereocenters. The Balaban J connectivity index is 1.50. The highest BCUT2D eigenvalue weighted by atomic mass is 19.1. The van der Waals surface area contributed by atoms with E-state index in [2.05, 4.69) is 10.1 Å². The molecule has 2 heterocycles. The van der Waals surface area contributed by atoms with Gasteiger partial charge in [-0.05, 0) is 55.5 Å². The number of ether oxygens (including phenoxy) is 1. The Morgan fingerprint density at radius 2 is 1.93 bits per heavy atom. The van der Waals surface area contributed by atoms with E-state index in [0.717, 1.165) is 11.4 Å². The number of aromatic nitrogens is 2. The van der Waals surface area contributed by atoms with Crippen LogP contribution in [0.5, 0.6) is 5.75 Å². The van der Waals surface area contributed by atoms with Gasteiger partial charge in [0, 0.05) is 24.2 Å². The molecule has 1 aliphatic heterocycles. The predicted octanol–water partition coefficient (Wildman–Crippen LogP) is 3.79. The van der Waals surface area contributed by atoms with Gasteiger partial charge >= 0.3 is 0 Å². The Hall–Kier alpha value is -3.22. The van der Waals surface area contributed by atoms with Gasteiger partial charge in [0.15, 0.2) is 0 Å². The molecule has 1 fully saturated rings. The van der Waals surface area contributed by atoms with Gasteiger partial charge in [-0.2, -0.15) is 4.98 Å². The van der Waals surface area contributed by atoms with Crippen LogP contribution in [0.2, 0.25) is 0 Å². The van der Waals surface area contributed by atoms with Crippen molar-refractivity contribution in [2.75, 3.05) is 18.1 Å². The van der Waals surface area contributed by atoms with Gasteiger partial charge in [0.05, 0.1) is 12.5 Å². The van der Waals surface area contributed by atoms with Crippen LogP contribution in [0.15, 0.2) is 53.1 Å². The number of amides is 1. The first-order chi connectivity index (χ1) is 13.1. The molecule has 0 radical (unpaired) electrons. The molecule has 7 heteroatoms. The van der Waals surface area contributed by atoms with Crippen LogP contribution in [0.1, 0.15) is 25.2 Å². The lowest BCUT2D eigenvalue weighted by molar-refractivity contribution is -0.117. The maximum absolute atomic E-state index is 13.1. The van der Waals surface area contributed by atoms with E-state index in [1.165, 1.54) is 12.1 Å². The Kier molecular flexibility index (Phi) is 4.58. The lowest BCUT2D eigenvalue weighted by atomic mass is 10.1. The summed E-state index contributed by atoms with van der Waals surface area (Å²) in [7, 11) is 0. The summed E-state index contributed by atoms with van der Waals surface area (Å²) in [6.45, 7) is 2.99. The number of hydrogen-bond donors (Lipinski definition) is 0. The van der Waals surface area contributed by atoms with Gasteiger partial charge in [0.25, 0.3) is 0 Å². The standard InChI is InChI=1S/C20H18FN3O3/c1-2-26-17-9-7-16(8-10-17)24-12-14(11-18(24)25)20-22-19(23-27-20)13-3-5-15(21)6-4-13/h3-10,14H,2,11-12H2,1H3. The zero-order chi connectivity index (χ0) is 18.8.